The van der Waals surface area contributed by atoms with Crippen LogP contribution in [0.4, 0.5) is 0 Å². The predicted molar refractivity (Wildman–Crippen MR) is 108 cm³/mol. The van der Waals surface area contributed by atoms with Crippen LogP contribution in [-0.4, -0.2) is 72.0 Å². The Hall–Kier alpha value is -1.81. The molecule has 1 aliphatic heterocycles. The van der Waals surface area contributed by atoms with Crippen molar-refractivity contribution in [3.63, 3.8) is 0 Å². The van der Waals surface area contributed by atoms with Gasteiger partial charge in [0, 0.05) is 0 Å². The molecule has 3 atom stereocenters. The first kappa shape index (κ1) is 24.2. The first-order chi connectivity index (χ1) is 13.2. The Labute approximate surface area is 170 Å². The normalized spacial score (nSPS) is 18.4. The standard InChI is InChI=1S/C18H32N4O5S/c1-11(2)9-14(18(26)27)21-15(23)10-20-16(24)13(6-8-28-3)22-17(25)12-5-4-7-19-12/h11-14,19H,4-10H2,1-3H3,(H,20,24)(H,21,23)(H,22,25)(H,26,27). The molecular weight excluding hydrogens is 384 g/mol. The molecule has 1 fully saturated rings. The summed E-state index contributed by atoms with van der Waals surface area (Å²) < 4.78 is 0. The summed E-state index contributed by atoms with van der Waals surface area (Å²) in [6.07, 6.45) is 4.30. The third-order valence-electron chi connectivity index (χ3n) is 4.38. The number of hydrogen-bond donors (Lipinski definition) is 5. The molecule has 3 amide bonds. The molecule has 0 aromatic heterocycles. The quantitative estimate of drug-likeness (QED) is 0.295. The maximum atomic E-state index is 12.4. The van der Waals surface area contributed by atoms with Crippen LogP contribution in [0, 0.1) is 5.92 Å². The Bertz CT molecular complexity index is 552. The number of amides is 3. The van der Waals surface area contributed by atoms with Gasteiger partial charge in [0.15, 0.2) is 0 Å². The third-order valence-corrected chi connectivity index (χ3v) is 5.03. The molecule has 10 heteroatoms. The lowest BCUT2D eigenvalue weighted by molar-refractivity contribution is -0.142. The smallest absolute Gasteiger partial charge is 0.326 e. The number of hydrogen-bond acceptors (Lipinski definition) is 6. The Morgan fingerprint density at radius 3 is 2.43 bits per heavy atom. The summed E-state index contributed by atoms with van der Waals surface area (Å²) in [5.41, 5.74) is 0. The predicted octanol–water partition coefficient (Wildman–Crippen LogP) is -0.292. The number of rotatable bonds is 12. The molecule has 0 aromatic rings. The van der Waals surface area contributed by atoms with Gasteiger partial charge < -0.3 is 26.4 Å². The fourth-order valence-electron chi connectivity index (χ4n) is 2.91. The van der Waals surface area contributed by atoms with Crippen molar-refractivity contribution in [3.8, 4) is 0 Å². The van der Waals surface area contributed by atoms with Crippen LogP contribution in [0.25, 0.3) is 0 Å². The largest absolute Gasteiger partial charge is 0.480 e. The van der Waals surface area contributed by atoms with Gasteiger partial charge in [0.05, 0.1) is 12.6 Å². The number of carbonyl (C=O) groups is 4. The van der Waals surface area contributed by atoms with E-state index in [1.165, 1.54) is 0 Å². The lowest BCUT2D eigenvalue weighted by Gasteiger charge is -2.21. The summed E-state index contributed by atoms with van der Waals surface area (Å²) in [6.45, 7) is 4.17. The first-order valence-corrected chi connectivity index (χ1v) is 11.0. The molecule has 0 aliphatic carbocycles. The summed E-state index contributed by atoms with van der Waals surface area (Å²) in [7, 11) is 0. The van der Waals surface area contributed by atoms with Crippen molar-refractivity contribution in [1.82, 2.24) is 21.3 Å². The van der Waals surface area contributed by atoms with E-state index in [2.05, 4.69) is 21.3 Å². The highest BCUT2D eigenvalue weighted by Gasteiger charge is 2.27. The van der Waals surface area contributed by atoms with Crippen LogP contribution in [0.2, 0.25) is 0 Å². The van der Waals surface area contributed by atoms with Crippen molar-refractivity contribution in [2.75, 3.05) is 25.1 Å². The highest BCUT2D eigenvalue weighted by molar-refractivity contribution is 7.98. The van der Waals surface area contributed by atoms with E-state index in [4.69, 9.17) is 0 Å². The molecule has 160 valence electrons. The number of carbonyl (C=O) groups excluding carboxylic acids is 3. The van der Waals surface area contributed by atoms with Gasteiger partial charge in [-0.25, -0.2) is 4.79 Å². The maximum absolute atomic E-state index is 12.4. The van der Waals surface area contributed by atoms with Gasteiger partial charge >= 0.3 is 5.97 Å². The van der Waals surface area contributed by atoms with Gasteiger partial charge in [0.1, 0.15) is 12.1 Å². The Kier molecular flexibility index (Phi) is 10.9. The van der Waals surface area contributed by atoms with E-state index in [0.29, 0.717) is 18.6 Å². The van der Waals surface area contributed by atoms with Crippen molar-refractivity contribution in [2.45, 2.75) is 57.7 Å². The lowest BCUT2D eigenvalue weighted by atomic mass is 10.0. The van der Waals surface area contributed by atoms with E-state index in [1.54, 1.807) is 11.8 Å². The zero-order valence-corrected chi connectivity index (χ0v) is 17.6. The van der Waals surface area contributed by atoms with Gasteiger partial charge in [-0.2, -0.15) is 11.8 Å². The minimum Gasteiger partial charge on any atom is -0.480 e. The molecule has 1 saturated heterocycles. The fraction of sp³-hybridized carbons (Fsp3) is 0.778. The molecule has 1 heterocycles. The Morgan fingerprint density at radius 2 is 1.89 bits per heavy atom. The summed E-state index contributed by atoms with van der Waals surface area (Å²) >= 11 is 1.56. The molecular formula is C18H32N4O5S. The molecule has 0 radical (unpaired) electrons. The minimum absolute atomic E-state index is 0.103. The monoisotopic (exact) mass is 416 g/mol. The average Bonchev–Trinajstić information content (AvgIpc) is 3.16. The van der Waals surface area contributed by atoms with Crippen molar-refractivity contribution >= 4 is 35.5 Å². The number of nitrogens with one attached hydrogen (secondary N) is 4. The molecule has 0 spiro atoms. The second kappa shape index (κ2) is 12.6. The number of thioether (sulfide) groups is 1. The molecule has 3 unspecified atom stereocenters. The van der Waals surface area contributed by atoms with Crippen molar-refractivity contribution in [1.29, 1.82) is 0 Å². The summed E-state index contributed by atoms with van der Waals surface area (Å²) in [4.78, 5) is 48.0. The van der Waals surface area contributed by atoms with Gasteiger partial charge in [0.25, 0.3) is 0 Å². The second-order valence-electron chi connectivity index (χ2n) is 7.30. The zero-order chi connectivity index (χ0) is 21.1. The second-order valence-corrected chi connectivity index (χ2v) is 8.28. The molecule has 0 saturated carbocycles. The van der Waals surface area contributed by atoms with Crippen LogP contribution in [0.3, 0.4) is 0 Å². The summed E-state index contributed by atoms with van der Waals surface area (Å²) in [5.74, 6) is -1.57. The van der Waals surface area contributed by atoms with Gasteiger partial charge in [0.2, 0.25) is 17.7 Å². The van der Waals surface area contributed by atoms with Crippen LogP contribution in [0.15, 0.2) is 0 Å². The van der Waals surface area contributed by atoms with Gasteiger partial charge in [-0.05, 0) is 50.2 Å². The fourth-order valence-corrected chi connectivity index (χ4v) is 3.39. The zero-order valence-electron chi connectivity index (χ0n) is 16.7. The Morgan fingerprint density at radius 1 is 1.18 bits per heavy atom. The summed E-state index contributed by atoms with van der Waals surface area (Å²) in [5, 5.41) is 19.9. The molecule has 5 N–H and O–H groups in total. The van der Waals surface area contributed by atoms with Crippen LogP contribution < -0.4 is 21.3 Å². The highest BCUT2D eigenvalue weighted by Crippen LogP contribution is 2.07. The maximum Gasteiger partial charge on any atom is 0.326 e. The van der Waals surface area contributed by atoms with E-state index < -0.39 is 29.9 Å². The average molecular weight is 417 g/mol. The number of aliphatic carboxylic acids is 1. The number of carboxylic acids is 1. The third kappa shape index (κ3) is 8.92. The molecule has 0 bridgehead atoms. The summed E-state index contributed by atoms with van der Waals surface area (Å²) in [6, 6.07) is -2.02. The Balaban J connectivity index is 2.54. The topological polar surface area (TPSA) is 137 Å². The van der Waals surface area contributed by atoms with Crippen LogP contribution in [0.5, 0.6) is 0 Å². The van der Waals surface area contributed by atoms with Crippen molar-refractivity contribution < 1.29 is 24.3 Å². The molecule has 1 rings (SSSR count). The van der Waals surface area contributed by atoms with Crippen LogP contribution >= 0.6 is 11.8 Å². The van der Waals surface area contributed by atoms with Crippen molar-refractivity contribution in [3.05, 3.63) is 0 Å². The first-order valence-electron chi connectivity index (χ1n) is 9.57. The lowest BCUT2D eigenvalue weighted by Crippen LogP contribution is -2.53. The van der Waals surface area contributed by atoms with E-state index in [9.17, 15) is 24.3 Å². The molecule has 9 nitrogen and oxygen atoms in total. The van der Waals surface area contributed by atoms with Gasteiger partial charge in [-0.3, -0.25) is 14.4 Å². The van der Waals surface area contributed by atoms with E-state index >= 15 is 0 Å². The van der Waals surface area contributed by atoms with Crippen LogP contribution in [0.1, 0.15) is 39.5 Å². The molecule has 1 aliphatic rings. The van der Waals surface area contributed by atoms with Crippen molar-refractivity contribution in [2.24, 2.45) is 5.92 Å². The molecule has 28 heavy (non-hydrogen) atoms. The SMILES string of the molecule is CSCCC(NC(=O)C1CCCN1)C(=O)NCC(=O)NC(CC(C)C)C(=O)O. The van der Waals surface area contributed by atoms with Gasteiger partial charge in [-0.15, -0.1) is 0 Å². The van der Waals surface area contributed by atoms with Crippen LogP contribution in [-0.2, 0) is 19.2 Å². The van der Waals surface area contributed by atoms with Gasteiger partial charge in [-0.1, -0.05) is 13.8 Å². The van der Waals surface area contributed by atoms with E-state index in [1.807, 2.05) is 20.1 Å². The highest BCUT2D eigenvalue weighted by atomic mass is 32.2. The minimum atomic E-state index is -1.11. The van der Waals surface area contributed by atoms with E-state index in [0.717, 1.165) is 19.4 Å². The number of carboxylic acid groups (broad SMARTS) is 1. The van der Waals surface area contributed by atoms with E-state index in [-0.39, 0.29) is 24.4 Å². The molecule has 0 aromatic carbocycles.